The fraction of sp³-hybridized carbons (Fsp3) is 0.217. The van der Waals surface area contributed by atoms with Crippen molar-refractivity contribution in [2.45, 2.75) is 19.5 Å². The quantitative estimate of drug-likeness (QED) is 0.528. The maximum absolute atomic E-state index is 13.5. The van der Waals surface area contributed by atoms with Crippen LogP contribution in [0.3, 0.4) is 0 Å². The van der Waals surface area contributed by atoms with E-state index in [1.807, 2.05) is 60.7 Å². The highest BCUT2D eigenvalue weighted by molar-refractivity contribution is 7.18. The van der Waals surface area contributed by atoms with Gasteiger partial charge in [-0.3, -0.25) is 9.36 Å². The molecule has 0 saturated carbocycles. The number of hydrogen-bond acceptors (Lipinski definition) is 4. The molecule has 1 aliphatic heterocycles. The molecule has 0 unspecified atom stereocenters. The Morgan fingerprint density at radius 2 is 1.66 bits per heavy atom. The molecule has 0 atom stereocenters. The van der Waals surface area contributed by atoms with Crippen LogP contribution in [0.25, 0.3) is 15.9 Å². The molecule has 2 aromatic carbocycles. The topological polar surface area (TPSA) is 47.2 Å². The lowest BCUT2D eigenvalue weighted by molar-refractivity contribution is 0.318. The lowest BCUT2D eigenvalue weighted by atomic mass is 10.1. The molecule has 0 saturated heterocycles. The molecule has 5 nitrogen and oxygen atoms in total. The summed E-state index contributed by atoms with van der Waals surface area (Å²) in [6, 6.07) is 19.1. The SMILES string of the molecule is CN1CCc2c(sc3c2c(=O)n(-c2ccccc2)c(=O)n3Cc2ccccc2)C1. The van der Waals surface area contributed by atoms with E-state index in [1.54, 1.807) is 15.9 Å². The molecule has 0 spiro atoms. The number of para-hydroxylation sites is 1. The maximum atomic E-state index is 13.5. The van der Waals surface area contributed by atoms with E-state index in [0.717, 1.165) is 35.5 Å². The smallest absolute Gasteiger partial charge is 0.301 e. The summed E-state index contributed by atoms with van der Waals surface area (Å²) in [6.07, 6.45) is 0.833. The van der Waals surface area contributed by atoms with Gasteiger partial charge in [-0.2, -0.15) is 0 Å². The van der Waals surface area contributed by atoms with Crippen LogP contribution in [0.15, 0.2) is 70.3 Å². The second-order valence-corrected chi connectivity index (χ2v) is 8.59. The van der Waals surface area contributed by atoms with Crippen LogP contribution >= 0.6 is 11.3 Å². The summed E-state index contributed by atoms with van der Waals surface area (Å²) >= 11 is 1.59. The minimum absolute atomic E-state index is 0.206. The van der Waals surface area contributed by atoms with Crippen LogP contribution in [-0.4, -0.2) is 27.6 Å². The zero-order valence-electron chi connectivity index (χ0n) is 16.2. The Morgan fingerprint density at radius 1 is 0.966 bits per heavy atom. The van der Waals surface area contributed by atoms with Gasteiger partial charge < -0.3 is 4.90 Å². The van der Waals surface area contributed by atoms with E-state index in [1.165, 1.54) is 9.44 Å². The molecular weight excluding hydrogens is 382 g/mol. The highest BCUT2D eigenvalue weighted by Crippen LogP contribution is 2.33. The van der Waals surface area contributed by atoms with Crippen LogP contribution < -0.4 is 11.2 Å². The number of rotatable bonds is 3. The Balaban J connectivity index is 1.84. The van der Waals surface area contributed by atoms with E-state index in [9.17, 15) is 9.59 Å². The zero-order valence-corrected chi connectivity index (χ0v) is 17.0. The van der Waals surface area contributed by atoms with Gasteiger partial charge in [0.15, 0.2) is 0 Å². The Hall–Kier alpha value is -2.96. The molecule has 29 heavy (non-hydrogen) atoms. The van der Waals surface area contributed by atoms with E-state index >= 15 is 0 Å². The fourth-order valence-corrected chi connectivity index (χ4v) is 5.45. The van der Waals surface area contributed by atoms with Crippen molar-refractivity contribution >= 4 is 21.6 Å². The number of hydrogen-bond donors (Lipinski definition) is 0. The molecule has 146 valence electrons. The number of benzene rings is 2. The minimum atomic E-state index is -0.287. The van der Waals surface area contributed by atoms with Gasteiger partial charge in [0.05, 0.1) is 17.6 Å². The molecule has 1 aliphatic rings. The lowest BCUT2D eigenvalue weighted by Gasteiger charge is -2.21. The normalized spacial score (nSPS) is 14.2. The van der Waals surface area contributed by atoms with Crippen LogP contribution in [0.4, 0.5) is 0 Å². The van der Waals surface area contributed by atoms with Crippen molar-refractivity contribution in [1.29, 1.82) is 0 Å². The average Bonchev–Trinajstić information content (AvgIpc) is 3.11. The lowest BCUT2D eigenvalue weighted by Crippen LogP contribution is -2.39. The van der Waals surface area contributed by atoms with Gasteiger partial charge in [0, 0.05) is 18.0 Å². The summed E-state index contributed by atoms with van der Waals surface area (Å²) in [4.78, 5) is 31.3. The highest BCUT2D eigenvalue weighted by Gasteiger charge is 2.25. The predicted molar refractivity (Wildman–Crippen MR) is 117 cm³/mol. The van der Waals surface area contributed by atoms with Crippen LogP contribution in [0.2, 0.25) is 0 Å². The number of aromatic nitrogens is 2. The van der Waals surface area contributed by atoms with Crippen LogP contribution in [0.5, 0.6) is 0 Å². The van der Waals surface area contributed by atoms with E-state index in [0.29, 0.717) is 17.6 Å². The van der Waals surface area contributed by atoms with Crippen molar-refractivity contribution in [3.8, 4) is 5.69 Å². The Kier molecular flexibility index (Phi) is 4.45. The standard InChI is InChI=1S/C23H21N3O2S/c1-24-13-12-18-19(15-24)29-22-20(18)21(27)26(17-10-6-3-7-11-17)23(28)25(22)14-16-8-4-2-5-9-16/h2-11H,12-15H2,1H3. The average molecular weight is 404 g/mol. The molecule has 6 heteroatoms. The first kappa shape index (κ1) is 18.1. The number of likely N-dealkylation sites (N-methyl/N-ethyl adjacent to an activating group) is 1. The first-order chi connectivity index (χ1) is 14.1. The molecule has 0 amide bonds. The van der Waals surface area contributed by atoms with E-state index < -0.39 is 0 Å². The highest BCUT2D eigenvalue weighted by atomic mass is 32.1. The van der Waals surface area contributed by atoms with Gasteiger partial charge in [-0.25, -0.2) is 9.36 Å². The number of fused-ring (bicyclic) bond motifs is 3. The number of nitrogens with zero attached hydrogens (tertiary/aromatic N) is 3. The van der Waals surface area contributed by atoms with Gasteiger partial charge in [-0.05, 0) is 36.7 Å². The van der Waals surface area contributed by atoms with Crippen LogP contribution in [0, 0.1) is 0 Å². The summed E-state index contributed by atoms with van der Waals surface area (Å²) < 4.78 is 3.10. The summed E-state index contributed by atoms with van der Waals surface area (Å²) in [6.45, 7) is 2.18. The third kappa shape index (κ3) is 3.05. The third-order valence-corrected chi connectivity index (χ3v) is 6.75. The van der Waals surface area contributed by atoms with Crippen molar-refractivity contribution in [1.82, 2.24) is 14.0 Å². The molecule has 0 fully saturated rings. The molecule has 5 rings (SSSR count). The van der Waals surface area contributed by atoms with Crippen molar-refractivity contribution in [2.24, 2.45) is 0 Å². The summed E-state index contributed by atoms with van der Waals surface area (Å²) in [7, 11) is 2.09. The van der Waals surface area contributed by atoms with Crippen molar-refractivity contribution in [3.05, 3.63) is 97.5 Å². The molecule has 0 aliphatic carbocycles. The van der Waals surface area contributed by atoms with Gasteiger partial charge in [0.25, 0.3) is 5.56 Å². The predicted octanol–water partition coefficient (Wildman–Crippen LogP) is 3.25. The second kappa shape index (κ2) is 7.13. The first-order valence-corrected chi connectivity index (χ1v) is 10.5. The van der Waals surface area contributed by atoms with Gasteiger partial charge in [0.2, 0.25) is 0 Å². The zero-order chi connectivity index (χ0) is 20.0. The largest absolute Gasteiger partial charge is 0.337 e. The monoisotopic (exact) mass is 403 g/mol. The Labute approximate surface area is 172 Å². The van der Waals surface area contributed by atoms with Crippen LogP contribution in [-0.2, 0) is 19.5 Å². The van der Waals surface area contributed by atoms with Crippen LogP contribution in [0.1, 0.15) is 16.0 Å². The molecule has 2 aromatic heterocycles. The third-order valence-electron chi connectivity index (χ3n) is 5.51. The molecule has 0 bridgehead atoms. The first-order valence-electron chi connectivity index (χ1n) is 9.71. The molecule has 0 N–H and O–H groups in total. The van der Waals surface area contributed by atoms with Crippen molar-refractivity contribution < 1.29 is 0 Å². The molecule has 0 radical (unpaired) electrons. The maximum Gasteiger partial charge on any atom is 0.337 e. The van der Waals surface area contributed by atoms with Gasteiger partial charge in [0.1, 0.15) is 4.83 Å². The van der Waals surface area contributed by atoms with E-state index in [-0.39, 0.29) is 11.2 Å². The number of thiophene rings is 1. The molecule has 4 aromatic rings. The second-order valence-electron chi connectivity index (χ2n) is 7.50. The molecular formula is C23H21N3O2S. The Bertz CT molecular complexity index is 1300. The van der Waals surface area contributed by atoms with Gasteiger partial charge in [-0.1, -0.05) is 48.5 Å². The van der Waals surface area contributed by atoms with Crippen molar-refractivity contribution in [2.75, 3.05) is 13.6 Å². The summed E-state index contributed by atoms with van der Waals surface area (Å²) in [5.41, 5.74) is 2.27. The van der Waals surface area contributed by atoms with E-state index in [2.05, 4.69) is 11.9 Å². The van der Waals surface area contributed by atoms with Gasteiger partial charge >= 0.3 is 5.69 Å². The van der Waals surface area contributed by atoms with Crippen molar-refractivity contribution in [3.63, 3.8) is 0 Å². The summed E-state index contributed by atoms with van der Waals surface area (Å²) in [5.74, 6) is 0. The van der Waals surface area contributed by atoms with Gasteiger partial charge in [-0.15, -0.1) is 11.3 Å². The molecule has 3 heterocycles. The Morgan fingerprint density at radius 3 is 2.38 bits per heavy atom. The summed E-state index contributed by atoms with van der Waals surface area (Å²) in [5, 5.41) is 0.706. The minimum Gasteiger partial charge on any atom is -0.301 e. The van der Waals surface area contributed by atoms with E-state index in [4.69, 9.17) is 0 Å². The fourth-order valence-electron chi connectivity index (χ4n) is 4.04.